The van der Waals surface area contributed by atoms with Crippen molar-refractivity contribution in [1.29, 1.82) is 0 Å². The molecule has 0 N–H and O–H groups in total. The van der Waals surface area contributed by atoms with E-state index >= 15 is 0 Å². The van der Waals surface area contributed by atoms with E-state index in [1.165, 1.54) is 6.07 Å². The molecule has 0 spiro atoms. The predicted octanol–water partition coefficient (Wildman–Crippen LogP) is 2.25. The van der Waals surface area contributed by atoms with Crippen LogP contribution in [0.1, 0.15) is 0 Å². The summed E-state index contributed by atoms with van der Waals surface area (Å²) in [6.45, 7) is 6.74. The second-order valence-corrected chi connectivity index (χ2v) is 5.65. The smallest absolute Gasteiger partial charge is 0.188 e. The molecule has 0 bridgehead atoms. The third kappa shape index (κ3) is 2.42. The molecule has 0 saturated carbocycles. The number of halogens is 1. The minimum absolute atomic E-state index is 0.224. The molecule has 0 saturated heterocycles. The van der Waals surface area contributed by atoms with E-state index in [1.54, 1.807) is 12.1 Å². The summed E-state index contributed by atoms with van der Waals surface area (Å²) in [4.78, 5) is 3.39. The third-order valence-electron chi connectivity index (χ3n) is 1.44. The lowest BCUT2D eigenvalue weighted by molar-refractivity contribution is 0.601. The summed E-state index contributed by atoms with van der Waals surface area (Å²) in [6.07, 6.45) is 1.14. The van der Waals surface area contributed by atoms with Gasteiger partial charge in [-0.2, -0.15) is 0 Å². The first-order chi connectivity index (χ1) is 5.95. The molecule has 3 nitrogen and oxygen atoms in total. The van der Waals surface area contributed by atoms with E-state index in [4.69, 9.17) is 6.57 Å². The van der Waals surface area contributed by atoms with Crippen LogP contribution in [0.25, 0.3) is 4.85 Å². The zero-order valence-electron chi connectivity index (χ0n) is 6.78. The van der Waals surface area contributed by atoms with Crippen molar-refractivity contribution < 1.29 is 8.42 Å². The van der Waals surface area contributed by atoms with Crippen molar-refractivity contribution in [3.63, 3.8) is 0 Å². The highest BCUT2D eigenvalue weighted by Crippen LogP contribution is 2.23. The Morgan fingerprint density at radius 2 is 2.08 bits per heavy atom. The lowest BCUT2D eigenvalue weighted by Gasteiger charge is -2.01. The van der Waals surface area contributed by atoms with Gasteiger partial charge >= 0.3 is 0 Å². The van der Waals surface area contributed by atoms with Gasteiger partial charge in [0, 0.05) is 9.83 Å². The quantitative estimate of drug-likeness (QED) is 0.589. The summed E-state index contributed by atoms with van der Waals surface area (Å²) in [5.74, 6) is 0. The van der Waals surface area contributed by atoms with Crippen molar-refractivity contribution in [1.82, 2.24) is 0 Å². The minimum Gasteiger partial charge on any atom is -0.238 e. The number of rotatable bonds is 1. The molecule has 1 aromatic rings. The zero-order chi connectivity index (χ0) is 10.1. The summed E-state index contributed by atoms with van der Waals surface area (Å²) in [7, 11) is -3.22. The molecule has 0 aliphatic heterocycles. The van der Waals surface area contributed by atoms with Crippen LogP contribution in [0.5, 0.6) is 0 Å². The van der Waals surface area contributed by atoms with Crippen molar-refractivity contribution in [2.45, 2.75) is 4.90 Å². The number of hydrogen-bond donors (Lipinski definition) is 0. The maximum atomic E-state index is 11.2. The van der Waals surface area contributed by atoms with Crippen LogP contribution in [0.3, 0.4) is 0 Å². The second-order valence-electron chi connectivity index (χ2n) is 2.50. The van der Waals surface area contributed by atoms with Gasteiger partial charge in [0.25, 0.3) is 0 Å². The zero-order valence-corrected chi connectivity index (χ0v) is 9.76. The fourth-order valence-corrected chi connectivity index (χ4v) is 3.14. The molecule has 0 aliphatic rings. The molecule has 1 aromatic carbocycles. The Kier molecular flexibility index (Phi) is 2.93. The van der Waals surface area contributed by atoms with Crippen LogP contribution in [0.15, 0.2) is 23.1 Å². The van der Waals surface area contributed by atoms with Gasteiger partial charge in [-0.05, 0) is 28.7 Å². The number of benzene rings is 1. The molecular formula is C8H6INO2S. The summed E-state index contributed by atoms with van der Waals surface area (Å²) in [5.41, 5.74) is 0.348. The highest BCUT2D eigenvalue weighted by Gasteiger charge is 2.11. The predicted molar refractivity (Wildman–Crippen MR) is 58.5 cm³/mol. The Bertz CT molecular complexity index is 473. The molecule has 0 aliphatic carbocycles. The lowest BCUT2D eigenvalue weighted by Crippen LogP contribution is -1.99. The summed E-state index contributed by atoms with van der Waals surface area (Å²) in [6, 6.07) is 4.62. The number of hydrogen-bond acceptors (Lipinski definition) is 2. The van der Waals surface area contributed by atoms with Crippen LogP contribution >= 0.6 is 22.6 Å². The monoisotopic (exact) mass is 307 g/mol. The van der Waals surface area contributed by atoms with Crippen molar-refractivity contribution >= 4 is 38.1 Å². The van der Waals surface area contributed by atoms with Crippen LogP contribution in [-0.2, 0) is 9.84 Å². The van der Waals surface area contributed by atoms with Gasteiger partial charge in [0.05, 0.1) is 11.5 Å². The van der Waals surface area contributed by atoms with Crippen LogP contribution in [-0.4, -0.2) is 14.7 Å². The first-order valence-corrected chi connectivity index (χ1v) is 6.29. The van der Waals surface area contributed by atoms with Crippen LogP contribution in [0, 0.1) is 10.1 Å². The van der Waals surface area contributed by atoms with E-state index in [0.717, 1.165) is 6.26 Å². The molecule has 0 atom stereocenters. The van der Waals surface area contributed by atoms with E-state index in [-0.39, 0.29) is 4.90 Å². The molecule has 0 unspecified atom stereocenters. The normalized spacial score (nSPS) is 10.8. The fourth-order valence-electron chi connectivity index (χ4n) is 0.846. The standard InChI is InChI=1S/C8H6INO2S/c1-10-6-3-4-7(9)8(5-6)13(2,11)12/h3-5H,2H3. The van der Waals surface area contributed by atoms with Crippen LogP contribution in [0.2, 0.25) is 0 Å². The van der Waals surface area contributed by atoms with Gasteiger partial charge < -0.3 is 0 Å². The van der Waals surface area contributed by atoms with Gasteiger partial charge in [-0.3, -0.25) is 0 Å². The average Bonchev–Trinajstić information content (AvgIpc) is 2.03. The van der Waals surface area contributed by atoms with Crippen LogP contribution < -0.4 is 0 Å². The molecule has 1 rings (SSSR count). The Hall–Kier alpha value is -0.610. The molecule has 68 valence electrons. The highest BCUT2D eigenvalue weighted by molar-refractivity contribution is 14.1. The van der Waals surface area contributed by atoms with E-state index in [2.05, 4.69) is 4.85 Å². The van der Waals surface area contributed by atoms with E-state index in [9.17, 15) is 8.42 Å². The lowest BCUT2D eigenvalue weighted by atomic mass is 10.3. The molecular weight excluding hydrogens is 301 g/mol. The molecule has 13 heavy (non-hydrogen) atoms. The van der Waals surface area contributed by atoms with Crippen molar-refractivity contribution in [3.05, 3.63) is 33.2 Å². The number of sulfone groups is 1. The van der Waals surface area contributed by atoms with E-state index in [1.807, 2.05) is 22.6 Å². The average molecular weight is 307 g/mol. The van der Waals surface area contributed by atoms with Gasteiger partial charge in [-0.15, -0.1) is 0 Å². The van der Waals surface area contributed by atoms with Crippen molar-refractivity contribution in [3.8, 4) is 0 Å². The second kappa shape index (κ2) is 3.64. The maximum absolute atomic E-state index is 11.2. The van der Waals surface area contributed by atoms with E-state index < -0.39 is 9.84 Å². The molecule has 0 heterocycles. The topological polar surface area (TPSA) is 38.5 Å². The maximum Gasteiger partial charge on any atom is 0.188 e. The first-order valence-electron chi connectivity index (χ1n) is 3.32. The van der Waals surface area contributed by atoms with Gasteiger partial charge in [-0.1, -0.05) is 12.1 Å². The Morgan fingerprint density at radius 1 is 1.46 bits per heavy atom. The Morgan fingerprint density at radius 3 is 2.54 bits per heavy atom. The van der Waals surface area contributed by atoms with Gasteiger partial charge in [0.2, 0.25) is 0 Å². The highest BCUT2D eigenvalue weighted by atomic mass is 127. The molecule has 0 radical (unpaired) electrons. The molecule has 5 heteroatoms. The summed E-state index contributed by atoms with van der Waals surface area (Å²) < 4.78 is 23.1. The van der Waals surface area contributed by atoms with E-state index in [0.29, 0.717) is 9.26 Å². The fraction of sp³-hybridized carbons (Fsp3) is 0.125. The minimum atomic E-state index is -3.22. The molecule has 0 amide bonds. The Labute approximate surface area is 90.7 Å². The largest absolute Gasteiger partial charge is 0.238 e. The van der Waals surface area contributed by atoms with Gasteiger partial charge in [0.15, 0.2) is 15.5 Å². The summed E-state index contributed by atoms with van der Waals surface area (Å²) in [5, 5.41) is 0. The van der Waals surface area contributed by atoms with Crippen molar-refractivity contribution in [2.75, 3.05) is 6.26 Å². The number of nitrogens with zero attached hydrogens (tertiary/aromatic N) is 1. The van der Waals surface area contributed by atoms with Gasteiger partial charge in [0.1, 0.15) is 0 Å². The summed E-state index contributed by atoms with van der Waals surface area (Å²) >= 11 is 1.94. The first kappa shape index (κ1) is 10.5. The third-order valence-corrected chi connectivity index (χ3v) is 3.89. The SMILES string of the molecule is [C-]#[N+]c1ccc(I)c(S(C)(=O)=O)c1. The molecule has 0 aromatic heterocycles. The Balaban J connectivity index is 3.47. The van der Waals surface area contributed by atoms with Crippen molar-refractivity contribution in [2.24, 2.45) is 0 Å². The molecule has 0 fully saturated rings. The van der Waals surface area contributed by atoms with Gasteiger partial charge in [-0.25, -0.2) is 13.3 Å². The van der Waals surface area contributed by atoms with Crippen LogP contribution in [0.4, 0.5) is 5.69 Å².